The molecule has 5 heteroatoms. The predicted molar refractivity (Wildman–Crippen MR) is 66.9 cm³/mol. The van der Waals surface area contributed by atoms with Crippen molar-refractivity contribution in [1.29, 1.82) is 0 Å². The smallest absolute Gasteiger partial charge is 0.330 e. The van der Waals surface area contributed by atoms with Crippen LogP contribution in [0.1, 0.15) is 11.3 Å². The van der Waals surface area contributed by atoms with Crippen molar-refractivity contribution in [2.24, 2.45) is 5.73 Å². The van der Waals surface area contributed by atoms with Crippen molar-refractivity contribution >= 4 is 5.97 Å². The van der Waals surface area contributed by atoms with Crippen LogP contribution in [0.25, 0.3) is 0 Å². The minimum atomic E-state index is -1.47. The molecule has 1 aromatic carbocycles. The lowest BCUT2D eigenvalue weighted by Crippen LogP contribution is -2.48. The number of nitrogens with two attached hydrogens (primary N) is 1. The summed E-state index contributed by atoms with van der Waals surface area (Å²) in [5.41, 5.74) is 5.96. The van der Waals surface area contributed by atoms with Crippen LogP contribution in [-0.2, 0) is 16.9 Å². The molecule has 0 bridgehead atoms. The summed E-state index contributed by atoms with van der Waals surface area (Å²) in [6.07, 6.45) is 1.73. The van der Waals surface area contributed by atoms with Crippen LogP contribution in [0.3, 0.4) is 0 Å². The van der Waals surface area contributed by atoms with E-state index in [9.17, 15) is 9.90 Å². The van der Waals surface area contributed by atoms with E-state index in [1.54, 1.807) is 35.1 Å². The van der Waals surface area contributed by atoms with Gasteiger partial charge < -0.3 is 10.8 Å². The number of hydrogen-bond donors (Lipinski definition) is 2. The molecule has 0 saturated heterocycles. The van der Waals surface area contributed by atoms with Crippen LogP contribution in [0.5, 0.6) is 0 Å². The lowest BCUT2D eigenvalue weighted by molar-refractivity contribution is -0.144. The molecule has 5 nitrogen and oxygen atoms in total. The molecule has 1 unspecified atom stereocenters. The minimum Gasteiger partial charge on any atom is -0.480 e. The van der Waals surface area contributed by atoms with E-state index in [2.05, 4.69) is 5.10 Å². The third kappa shape index (κ3) is 2.26. The lowest BCUT2D eigenvalue weighted by atomic mass is 9.91. The van der Waals surface area contributed by atoms with Crippen LogP contribution in [0, 0.1) is 6.92 Å². The van der Waals surface area contributed by atoms with E-state index >= 15 is 0 Å². The molecule has 3 N–H and O–H groups in total. The number of hydrogen-bond acceptors (Lipinski definition) is 3. The maximum absolute atomic E-state index is 11.5. The van der Waals surface area contributed by atoms with Crippen LogP contribution in [0.4, 0.5) is 0 Å². The Morgan fingerprint density at radius 2 is 2.06 bits per heavy atom. The first-order valence-corrected chi connectivity index (χ1v) is 5.60. The molecule has 0 amide bonds. The second-order valence-electron chi connectivity index (χ2n) is 4.30. The number of carboxylic acid groups (broad SMARTS) is 1. The second kappa shape index (κ2) is 4.62. The van der Waals surface area contributed by atoms with Crippen LogP contribution in [0.2, 0.25) is 0 Å². The molecule has 0 aliphatic carbocycles. The maximum Gasteiger partial charge on any atom is 0.330 e. The summed E-state index contributed by atoms with van der Waals surface area (Å²) in [5.74, 6) is -1.07. The fraction of sp³-hybridized carbons (Fsp3) is 0.231. The average molecular weight is 245 g/mol. The molecule has 0 aliphatic rings. The van der Waals surface area contributed by atoms with Gasteiger partial charge in [0.05, 0.1) is 12.2 Å². The minimum absolute atomic E-state index is 0.0974. The first kappa shape index (κ1) is 12.3. The van der Waals surface area contributed by atoms with E-state index < -0.39 is 11.5 Å². The number of rotatable bonds is 4. The molecular formula is C13H15N3O2. The van der Waals surface area contributed by atoms with Gasteiger partial charge in [0, 0.05) is 6.20 Å². The standard InChI is InChI=1S/C13H15N3O2/c1-10-7-8-16(15-10)9-13(14,12(17)18)11-5-3-2-4-6-11/h2-8H,9,14H2,1H3,(H,17,18). The van der Waals surface area contributed by atoms with Gasteiger partial charge >= 0.3 is 5.97 Å². The van der Waals surface area contributed by atoms with Gasteiger partial charge in [0.2, 0.25) is 0 Å². The predicted octanol–water partition coefficient (Wildman–Crippen LogP) is 1.13. The molecule has 0 saturated carbocycles. The van der Waals surface area contributed by atoms with Crippen LogP contribution >= 0.6 is 0 Å². The van der Waals surface area contributed by atoms with Crippen LogP contribution in [0.15, 0.2) is 42.6 Å². The zero-order valence-corrected chi connectivity index (χ0v) is 10.1. The summed E-state index contributed by atoms with van der Waals surface area (Å²) < 4.78 is 1.55. The van der Waals surface area contributed by atoms with Gasteiger partial charge in [0.25, 0.3) is 0 Å². The lowest BCUT2D eigenvalue weighted by Gasteiger charge is -2.25. The average Bonchev–Trinajstić information content (AvgIpc) is 2.75. The Morgan fingerprint density at radius 1 is 1.39 bits per heavy atom. The fourth-order valence-corrected chi connectivity index (χ4v) is 1.82. The van der Waals surface area contributed by atoms with Gasteiger partial charge in [-0.15, -0.1) is 0 Å². The van der Waals surface area contributed by atoms with Gasteiger partial charge in [-0.25, -0.2) is 4.79 Å². The SMILES string of the molecule is Cc1ccn(CC(N)(C(=O)O)c2ccccc2)n1. The molecule has 0 spiro atoms. The molecular weight excluding hydrogens is 230 g/mol. The summed E-state index contributed by atoms with van der Waals surface area (Å²) >= 11 is 0. The van der Waals surface area contributed by atoms with E-state index in [0.717, 1.165) is 5.69 Å². The molecule has 1 heterocycles. The summed E-state index contributed by atoms with van der Waals surface area (Å²) in [7, 11) is 0. The van der Waals surface area contributed by atoms with Gasteiger partial charge in [-0.2, -0.15) is 5.10 Å². The van der Waals surface area contributed by atoms with E-state index in [4.69, 9.17) is 5.73 Å². The number of carbonyl (C=O) groups is 1. The van der Waals surface area contributed by atoms with Crippen LogP contribution in [-0.4, -0.2) is 20.9 Å². The highest BCUT2D eigenvalue weighted by molar-refractivity contribution is 5.80. The Kier molecular flexibility index (Phi) is 3.16. The van der Waals surface area contributed by atoms with Crippen molar-refractivity contribution in [2.75, 3.05) is 0 Å². The molecule has 0 aliphatic heterocycles. The molecule has 0 fully saturated rings. The molecule has 1 atom stereocenters. The van der Waals surface area contributed by atoms with Crippen molar-refractivity contribution in [2.45, 2.75) is 19.0 Å². The number of aromatic nitrogens is 2. The normalized spacial score (nSPS) is 14.1. The van der Waals surface area contributed by atoms with E-state index in [-0.39, 0.29) is 6.54 Å². The highest BCUT2D eigenvalue weighted by Crippen LogP contribution is 2.20. The van der Waals surface area contributed by atoms with Crippen LogP contribution < -0.4 is 5.73 Å². The first-order valence-electron chi connectivity index (χ1n) is 5.60. The fourth-order valence-electron chi connectivity index (χ4n) is 1.82. The van der Waals surface area contributed by atoms with Crippen molar-refractivity contribution in [3.05, 3.63) is 53.9 Å². The van der Waals surface area contributed by atoms with Gasteiger partial charge in [-0.1, -0.05) is 30.3 Å². The van der Waals surface area contributed by atoms with Gasteiger partial charge in [-0.3, -0.25) is 4.68 Å². The maximum atomic E-state index is 11.5. The number of aliphatic carboxylic acids is 1. The summed E-state index contributed by atoms with van der Waals surface area (Å²) in [5, 5.41) is 13.6. The largest absolute Gasteiger partial charge is 0.480 e. The summed E-state index contributed by atoms with van der Waals surface area (Å²) in [4.78, 5) is 11.5. The number of aryl methyl sites for hydroxylation is 1. The van der Waals surface area contributed by atoms with Crippen molar-refractivity contribution in [3.63, 3.8) is 0 Å². The third-order valence-corrected chi connectivity index (χ3v) is 2.86. The monoisotopic (exact) mass is 245 g/mol. The van der Waals surface area contributed by atoms with Crippen molar-refractivity contribution in [3.8, 4) is 0 Å². The summed E-state index contributed by atoms with van der Waals surface area (Å²) in [6, 6.07) is 10.6. The Balaban J connectivity index is 2.36. The van der Waals surface area contributed by atoms with E-state index in [0.29, 0.717) is 5.56 Å². The first-order chi connectivity index (χ1) is 8.52. The van der Waals surface area contributed by atoms with Gasteiger partial charge in [0.15, 0.2) is 5.54 Å². The number of carboxylic acids is 1. The molecule has 18 heavy (non-hydrogen) atoms. The highest BCUT2D eigenvalue weighted by Gasteiger charge is 2.36. The third-order valence-electron chi connectivity index (χ3n) is 2.86. The Bertz CT molecular complexity index is 550. The van der Waals surface area contributed by atoms with Gasteiger partial charge in [0.1, 0.15) is 0 Å². The zero-order chi connectivity index (χ0) is 13.2. The van der Waals surface area contributed by atoms with Gasteiger partial charge in [-0.05, 0) is 18.6 Å². The van der Waals surface area contributed by atoms with Crippen molar-refractivity contribution < 1.29 is 9.90 Å². The zero-order valence-electron chi connectivity index (χ0n) is 10.1. The Labute approximate surface area is 105 Å². The van der Waals surface area contributed by atoms with E-state index in [1.165, 1.54) is 0 Å². The highest BCUT2D eigenvalue weighted by atomic mass is 16.4. The molecule has 2 aromatic rings. The summed E-state index contributed by atoms with van der Waals surface area (Å²) in [6.45, 7) is 1.94. The number of nitrogens with zero attached hydrogens (tertiary/aromatic N) is 2. The molecule has 0 radical (unpaired) electrons. The Morgan fingerprint density at radius 3 is 2.56 bits per heavy atom. The topological polar surface area (TPSA) is 81.1 Å². The second-order valence-corrected chi connectivity index (χ2v) is 4.30. The number of benzene rings is 1. The quantitative estimate of drug-likeness (QED) is 0.846. The Hall–Kier alpha value is -2.14. The molecule has 94 valence electrons. The van der Waals surface area contributed by atoms with Crippen molar-refractivity contribution in [1.82, 2.24) is 9.78 Å². The molecule has 2 rings (SSSR count). The molecule has 1 aromatic heterocycles. The van der Waals surface area contributed by atoms with E-state index in [1.807, 2.05) is 19.1 Å².